The number of amides is 1. The molecule has 9 nitrogen and oxygen atoms in total. The molecule has 0 saturated heterocycles. The van der Waals surface area contributed by atoms with Crippen molar-refractivity contribution < 1.29 is 28.3 Å². The van der Waals surface area contributed by atoms with Crippen molar-refractivity contribution >= 4 is 11.9 Å². The third-order valence-electron chi connectivity index (χ3n) is 3.67. The molecular formula is C19H17N3O6. The lowest BCUT2D eigenvalue weighted by atomic mass is 10.2. The van der Waals surface area contributed by atoms with E-state index < -0.39 is 18.5 Å². The van der Waals surface area contributed by atoms with Gasteiger partial charge in [0.05, 0.1) is 18.2 Å². The lowest BCUT2D eigenvalue weighted by Crippen LogP contribution is -2.18. The lowest BCUT2D eigenvalue weighted by Gasteiger charge is -2.08. The molecule has 0 atom stereocenters. The van der Waals surface area contributed by atoms with Crippen LogP contribution in [0, 0.1) is 0 Å². The molecule has 9 heteroatoms. The predicted molar refractivity (Wildman–Crippen MR) is 96.5 cm³/mol. The van der Waals surface area contributed by atoms with E-state index in [1.807, 2.05) is 12.1 Å². The van der Waals surface area contributed by atoms with Crippen LogP contribution in [0.4, 0.5) is 0 Å². The van der Waals surface area contributed by atoms with Gasteiger partial charge in [0.25, 0.3) is 11.8 Å². The van der Waals surface area contributed by atoms with E-state index in [1.165, 1.54) is 19.2 Å². The van der Waals surface area contributed by atoms with E-state index in [1.54, 1.807) is 24.3 Å². The number of para-hydroxylation sites is 2. The summed E-state index contributed by atoms with van der Waals surface area (Å²) in [7, 11) is 1.54. The number of hydrogen-bond acceptors (Lipinski definition) is 8. The largest absolute Gasteiger partial charge is 0.496 e. The number of carbonyl (C=O) groups excluding carboxylic acids is 2. The molecule has 0 radical (unpaired) electrons. The van der Waals surface area contributed by atoms with Crippen LogP contribution < -0.4 is 15.2 Å². The van der Waals surface area contributed by atoms with Gasteiger partial charge in [0.15, 0.2) is 13.2 Å². The van der Waals surface area contributed by atoms with Crippen LogP contribution in [0.1, 0.15) is 16.2 Å². The summed E-state index contributed by atoms with van der Waals surface area (Å²) in [4.78, 5) is 27.4. The number of nitrogens with two attached hydrogens (primary N) is 1. The summed E-state index contributed by atoms with van der Waals surface area (Å²) in [5.74, 6) is -0.103. The first-order chi connectivity index (χ1) is 13.6. The summed E-state index contributed by atoms with van der Waals surface area (Å²) in [6.07, 6.45) is 0. The number of rotatable bonds is 8. The van der Waals surface area contributed by atoms with Crippen LogP contribution in [0.2, 0.25) is 0 Å². The van der Waals surface area contributed by atoms with Crippen LogP contribution >= 0.6 is 0 Å². The zero-order valence-electron chi connectivity index (χ0n) is 15.0. The Morgan fingerprint density at radius 3 is 2.54 bits per heavy atom. The fourth-order valence-corrected chi connectivity index (χ4v) is 2.37. The van der Waals surface area contributed by atoms with Crippen LogP contribution in [0.25, 0.3) is 11.4 Å². The highest BCUT2D eigenvalue weighted by molar-refractivity contribution is 5.95. The van der Waals surface area contributed by atoms with Crippen molar-refractivity contribution in [1.29, 1.82) is 0 Å². The minimum absolute atomic E-state index is 0.117. The van der Waals surface area contributed by atoms with Gasteiger partial charge in [-0.3, -0.25) is 4.79 Å². The van der Waals surface area contributed by atoms with Crippen molar-refractivity contribution in [3.63, 3.8) is 0 Å². The summed E-state index contributed by atoms with van der Waals surface area (Å²) in [6, 6.07) is 13.5. The Labute approximate surface area is 160 Å². The van der Waals surface area contributed by atoms with E-state index >= 15 is 0 Å². The summed E-state index contributed by atoms with van der Waals surface area (Å²) in [5, 5.41) is 3.86. The number of nitrogens with zero attached hydrogens (tertiary/aromatic N) is 2. The maximum atomic E-state index is 11.9. The van der Waals surface area contributed by atoms with E-state index in [4.69, 9.17) is 24.5 Å². The van der Waals surface area contributed by atoms with Crippen LogP contribution in [0.5, 0.6) is 11.5 Å². The lowest BCUT2D eigenvalue weighted by molar-refractivity contribution is -0.148. The fourth-order valence-electron chi connectivity index (χ4n) is 2.37. The Balaban J connectivity index is 1.56. The minimum Gasteiger partial charge on any atom is -0.496 e. The highest BCUT2D eigenvalue weighted by Crippen LogP contribution is 2.27. The quantitative estimate of drug-likeness (QED) is 0.585. The first-order valence-corrected chi connectivity index (χ1v) is 8.21. The van der Waals surface area contributed by atoms with E-state index in [-0.39, 0.29) is 23.8 Å². The summed E-state index contributed by atoms with van der Waals surface area (Å²) in [6.45, 7) is -0.625. The first kappa shape index (κ1) is 18.9. The van der Waals surface area contributed by atoms with Gasteiger partial charge in [-0.15, -0.1) is 0 Å². The number of benzene rings is 2. The molecule has 144 valence electrons. The van der Waals surface area contributed by atoms with Gasteiger partial charge < -0.3 is 24.5 Å². The van der Waals surface area contributed by atoms with Crippen molar-refractivity contribution in [2.24, 2.45) is 5.73 Å². The molecule has 0 fully saturated rings. The van der Waals surface area contributed by atoms with Crippen molar-refractivity contribution in [3.05, 3.63) is 60.0 Å². The molecule has 0 spiro atoms. The van der Waals surface area contributed by atoms with Crippen LogP contribution in [-0.2, 0) is 16.1 Å². The summed E-state index contributed by atoms with van der Waals surface area (Å²) < 4.78 is 20.7. The van der Waals surface area contributed by atoms with Gasteiger partial charge >= 0.3 is 5.97 Å². The van der Waals surface area contributed by atoms with E-state index in [9.17, 15) is 9.59 Å². The molecule has 0 saturated carbocycles. The molecule has 3 aromatic rings. The Bertz CT molecular complexity index is 985. The molecule has 0 aliphatic rings. The van der Waals surface area contributed by atoms with Crippen molar-refractivity contribution in [3.8, 4) is 22.9 Å². The van der Waals surface area contributed by atoms with E-state index in [2.05, 4.69) is 10.1 Å². The van der Waals surface area contributed by atoms with E-state index in [0.717, 1.165) is 0 Å². The van der Waals surface area contributed by atoms with Crippen LogP contribution in [0.3, 0.4) is 0 Å². The van der Waals surface area contributed by atoms with E-state index in [0.29, 0.717) is 17.1 Å². The number of primary amides is 1. The number of hydrogen-bond donors (Lipinski definition) is 1. The Morgan fingerprint density at radius 2 is 1.79 bits per heavy atom. The second-order valence-corrected chi connectivity index (χ2v) is 5.52. The molecule has 1 amide bonds. The maximum Gasteiger partial charge on any atom is 0.344 e. The van der Waals surface area contributed by atoms with Crippen molar-refractivity contribution in [1.82, 2.24) is 10.1 Å². The number of aromatic nitrogens is 2. The van der Waals surface area contributed by atoms with Gasteiger partial charge in [-0.1, -0.05) is 29.4 Å². The molecule has 2 aromatic carbocycles. The molecule has 2 N–H and O–H groups in total. The van der Waals surface area contributed by atoms with Gasteiger partial charge in [-0.2, -0.15) is 4.98 Å². The number of carbonyl (C=O) groups is 2. The zero-order chi connectivity index (χ0) is 19.9. The number of ether oxygens (including phenoxy) is 3. The Hall–Kier alpha value is -3.88. The third-order valence-corrected chi connectivity index (χ3v) is 3.67. The van der Waals surface area contributed by atoms with Crippen molar-refractivity contribution in [2.75, 3.05) is 13.7 Å². The predicted octanol–water partition coefficient (Wildman–Crippen LogP) is 1.97. The molecule has 0 unspecified atom stereocenters. The zero-order valence-corrected chi connectivity index (χ0v) is 15.0. The summed E-state index contributed by atoms with van der Waals surface area (Å²) >= 11 is 0. The first-order valence-electron chi connectivity index (χ1n) is 8.21. The molecule has 3 rings (SSSR count). The highest BCUT2D eigenvalue weighted by atomic mass is 16.6. The number of esters is 1. The fraction of sp³-hybridized carbons (Fsp3) is 0.158. The van der Waals surface area contributed by atoms with Crippen LogP contribution in [-0.4, -0.2) is 35.7 Å². The summed E-state index contributed by atoms with van der Waals surface area (Å²) in [5.41, 5.74) is 6.08. The molecule has 1 aromatic heterocycles. The molecule has 0 bridgehead atoms. The maximum absolute atomic E-state index is 11.9. The van der Waals surface area contributed by atoms with Gasteiger partial charge in [0.1, 0.15) is 11.5 Å². The third kappa shape index (κ3) is 4.44. The Kier molecular flexibility index (Phi) is 5.85. The average molecular weight is 383 g/mol. The monoisotopic (exact) mass is 383 g/mol. The molecular weight excluding hydrogens is 366 g/mol. The SMILES string of the molecule is COc1ccccc1-c1noc(COC(=O)COc2ccccc2C(N)=O)n1. The molecule has 0 aliphatic carbocycles. The highest BCUT2D eigenvalue weighted by Gasteiger charge is 2.15. The number of methoxy groups -OCH3 is 1. The standard InChI is InChI=1S/C19H17N3O6/c1-25-14-8-4-3-7-13(14)19-21-16(28-22-19)10-27-17(23)11-26-15-9-5-2-6-12(15)18(20)24/h2-9H,10-11H2,1H3,(H2,20,24). The van der Waals surface area contributed by atoms with Gasteiger partial charge in [0.2, 0.25) is 5.82 Å². The topological polar surface area (TPSA) is 127 Å². The molecule has 0 aliphatic heterocycles. The molecule has 1 heterocycles. The smallest absolute Gasteiger partial charge is 0.344 e. The van der Waals surface area contributed by atoms with Gasteiger partial charge in [-0.05, 0) is 24.3 Å². The minimum atomic E-state index is -0.670. The second-order valence-electron chi connectivity index (χ2n) is 5.52. The van der Waals surface area contributed by atoms with Crippen LogP contribution in [0.15, 0.2) is 53.1 Å². The normalized spacial score (nSPS) is 10.3. The Morgan fingerprint density at radius 1 is 1.07 bits per heavy atom. The van der Waals surface area contributed by atoms with Crippen molar-refractivity contribution in [2.45, 2.75) is 6.61 Å². The van der Waals surface area contributed by atoms with Gasteiger partial charge in [0, 0.05) is 0 Å². The average Bonchev–Trinajstić information content (AvgIpc) is 3.19. The second kappa shape index (κ2) is 8.67. The molecule has 28 heavy (non-hydrogen) atoms. The van der Waals surface area contributed by atoms with Gasteiger partial charge in [-0.25, -0.2) is 4.79 Å².